The minimum absolute atomic E-state index is 0.116. The zero-order chi connectivity index (χ0) is 15.5. The summed E-state index contributed by atoms with van der Waals surface area (Å²) in [5, 5.41) is 8.53. The van der Waals surface area contributed by atoms with Gasteiger partial charge >= 0.3 is 6.18 Å². The fourth-order valence-electron chi connectivity index (χ4n) is 1.51. The average molecular weight is 296 g/mol. The zero-order valence-corrected chi connectivity index (χ0v) is 10.5. The molecule has 108 valence electrons. The fraction of sp³-hybridized carbons (Fsp3) is 0.167. The van der Waals surface area contributed by atoms with Crippen LogP contribution in [-0.4, -0.2) is 22.1 Å². The summed E-state index contributed by atoms with van der Waals surface area (Å²) in [6.07, 6.45) is -1.12. The molecule has 0 amide bonds. The van der Waals surface area contributed by atoms with E-state index in [9.17, 15) is 13.2 Å². The molecular formula is C12H7F3N4O2. The van der Waals surface area contributed by atoms with Gasteiger partial charge in [0.2, 0.25) is 17.6 Å². The molecule has 21 heavy (non-hydrogen) atoms. The van der Waals surface area contributed by atoms with Gasteiger partial charge < -0.3 is 9.47 Å². The van der Waals surface area contributed by atoms with Crippen molar-refractivity contribution in [1.82, 2.24) is 15.0 Å². The maximum absolute atomic E-state index is 12.6. The van der Waals surface area contributed by atoms with Crippen LogP contribution in [0.3, 0.4) is 0 Å². The minimum Gasteiger partial charge on any atom is -0.481 e. The first-order chi connectivity index (χ1) is 9.95. The van der Waals surface area contributed by atoms with Crippen LogP contribution in [0.4, 0.5) is 13.2 Å². The third-order valence-electron chi connectivity index (χ3n) is 2.40. The first-order valence-corrected chi connectivity index (χ1v) is 5.46. The summed E-state index contributed by atoms with van der Waals surface area (Å²) in [5.74, 6) is -1.64. The van der Waals surface area contributed by atoms with Crippen LogP contribution in [0.25, 0.3) is 11.1 Å². The Morgan fingerprint density at radius 2 is 2.05 bits per heavy atom. The summed E-state index contributed by atoms with van der Waals surface area (Å²) in [7, 11) is 1.39. The predicted molar refractivity (Wildman–Crippen MR) is 63.1 cm³/mol. The molecule has 0 saturated heterocycles. The van der Waals surface area contributed by atoms with Gasteiger partial charge in [-0.15, -0.1) is 5.26 Å². The molecule has 9 heteroatoms. The van der Waals surface area contributed by atoms with Gasteiger partial charge in [-0.3, -0.25) is 0 Å². The van der Waals surface area contributed by atoms with Crippen molar-refractivity contribution in [2.45, 2.75) is 6.18 Å². The molecule has 2 heterocycles. The topological polar surface area (TPSA) is 80.9 Å². The lowest BCUT2D eigenvalue weighted by Gasteiger charge is -2.09. The number of pyridine rings is 1. The lowest BCUT2D eigenvalue weighted by molar-refractivity contribution is -0.145. The minimum atomic E-state index is -4.73. The van der Waals surface area contributed by atoms with E-state index in [0.717, 1.165) is 6.20 Å². The van der Waals surface area contributed by atoms with Crippen molar-refractivity contribution in [1.29, 1.82) is 5.26 Å². The molecular weight excluding hydrogens is 289 g/mol. The van der Waals surface area contributed by atoms with Gasteiger partial charge in [-0.05, 0) is 11.6 Å². The second kappa shape index (κ2) is 5.62. The number of rotatable bonds is 3. The molecule has 2 rings (SSSR count). The van der Waals surface area contributed by atoms with Gasteiger partial charge in [0, 0.05) is 18.5 Å². The van der Waals surface area contributed by atoms with Crippen LogP contribution in [0.15, 0.2) is 24.5 Å². The van der Waals surface area contributed by atoms with Gasteiger partial charge in [0.15, 0.2) is 0 Å². The number of hydrogen-bond acceptors (Lipinski definition) is 6. The molecule has 0 unspecified atom stereocenters. The summed E-state index contributed by atoms with van der Waals surface area (Å²) in [6, 6.07) is 2.95. The van der Waals surface area contributed by atoms with Crippen molar-refractivity contribution in [3.8, 4) is 29.1 Å². The third-order valence-corrected chi connectivity index (χ3v) is 2.40. The standard InChI is InChI=1S/C12H7F3N4O2/c1-20-9-4-7(2-3-17-9)8-5-18-11(12(13,14)15)19-10(8)21-6-16/h2-5H,1H3. The quantitative estimate of drug-likeness (QED) is 0.809. The van der Waals surface area contributed by atoms with E-state index >= 15 is 0 Å². The Balaban J connectivity index is 2.55. The molecule has 2 aromatic rings. The van der Waals surface area contributed by atoms with Gasteiger partial charge in [0.1, 0.15) is 0 Å². The lowest BCUT2D eigenvalue weighted by Crippen LogP contribution is -2.11. The predicted octanol–water partition coefficient (Wildman–Crippen LogP) is 2.43. The smallest absolute Gasteiger partial charge is 0.451 e. The molecule has 0 saturated carbocycles. The van der Waals surface area contributed by atoms with E-state index in [0.29, 0.717) is 5.56 Å². The lowest BCUT2D eigenvalue weighted by atomic mass is 10.1. The van der Waals surface area contributed by atoms with Crippen LogP contribution >= 0.6 is 0 Å². The highest BCUT2D eigenvalue weighted by atomic mass is 19.4. The first-order valence-electron chi connectivity index (χ1n) is 5.46. The van der Waals surface area contributed by atoms with E-state index in [2.05, 4.69) is 19.7 Å². The number of nitriles is 1. The number of ether oxygens (including phenoxy) is 2. The summed E-state index contributed by atoms with van der Waals surface area (Å²) in [4.78, 5) is 10.3. The Morgan fingerprint density at radius 3 is 2.67 bits per heavy atom. The number of hydrogen-bond donors (Lipinski definition) is 0. The molecule has 0 bridgehead atoms. The number of aromatic nitrogens is 3. The van der Waals surface area contributed by atoms with Gasteiger partial charge in [0.25, 0.3) is 6.26 Å². The normalized spacial score (nSPS) is 10.8. The molecule has 6 nitrogen and oxygen atoms in total. The van der Waals surface area contributed by atoms with Gasteiger partial charge in [-0.2, -0.15) is 18.2 Å². The highest BCUT2D eigenvalue weighted by molar-refractivity contribution is 5.68. The van der Waals surface area contributed by atoms with E-state index in [1.54, 1.807) is 0 Å². The van der Waals surface area contributed by atoms with Crippen LogP contribution < -0.4 is 9.47 Å². The number of alkyl halides is 3. The molecule has 0 atom stereocenters. The van der Waals surface area contributed by atoms with Crippen molar-refractivity contribution in [2.75, 3.05) is 7.11 Å². The number of methoxy groups -OCH3 is 1. The van der Waals surface area contributed by atoms with Gasteiger partial charge in [-0.1, -0.05) is 0 Å². The fourth-order valence-corrected chi connectivity index (χ4v) is 1.51. The second-order valence-corrected chi connectivity index (χ2v) is 3.69. The molecule has 0 aliphatic carbocycles. The van der Waals surface area contributed by atoms with Crippen molar-refractivity contribution >= 4 is 0 Å². The number of halogens is 3. The molecule has 0 aromatic carbocycles. The van der Waals surface area contributed by atoms with Crippen LogP contribution in [0, 0.1) is 11.5 Å². The van der Waals surface area contributed by atoms with Crippen LogP contribution in [-0.2, 0) is 6.18 Å². The average Bonchev–Trinajstić information content (AvgIpc) is 2.46. The molecule has 2 aromatic heterocycles. The SMILES string of the molecule is COc1cc(-c2cnc(C(F)(F)F)nc2OC#N)ccn1. The summed E-state index contributed by atoms with van der Waals surface area (Å²) in [6.45, 7) is 0. The van der Waals surface area contributed by atoms with Crippen molar-refractivity contribution in [2.24, 2.45) is 0 Å². The largest absolute Gasteiger partial charge is 0.481 e. The monoisotopic (exact) mass is 296 g/mol. The van der Waals surface area contributed by atoms with E-state index in [4.69, 9.17) is 10.00 Å². The van der Waals surface area contributed by atoms with Crippen molar-refractivity contribution in [3.05, 3.63) is 30.4 Å². The zero-order valence-electron chi connectivity index (χ0n) is 10.5. The van der Waals surface area contributed by atoms with E-state index in [-0.39, 0.29) is 11.4 Å². The Morgan fingerprint density at radius 1 is 1.29 bits per heavy atom. The Hall–Kier alpha value is -2.89. The molecule has 0 aliphatic heterocycles. The molecule has 0 N–H and O–H groups in total. The first kappa shape index (κ1) is 14.5. The Labute approximate surface area is 116 Å². The summed E-state index contributed by atoms with van der Waals surface area (Å²) < 4.78 is 47.1. The maximum atomic E-state index is 12.6. The van der Waals surface area contributed by atoms with E-state index in [1.165, 1.54) is 31.7 Å². The van der Waals surface area contributed by atoms with E-state index < -0.39 is 17.9 Å². The van der Waals surface area contributed by atoms with E-state index in [1.807, 2.05) is 0 Å². The van der Waals surface area contributed by atoms with Crippen LogP contribution in [0.1, 0.15) is 5.82 Å². The van der Waals surface area contributed by atoms with Gasteiger partial charge in [0.05, 0.1) is 12.7 Å². The summed E-state index contributed by atoms with van der Waals surface area (Å²) >= 11 is 0. The highest BCUT2D eigenvalue weighted by Crippen LogP contribution is 2.33. The molecule has 0 spiro atoms. The Bertz CT molecular complexity index is 698. The Kier molecular flexibility index (Phi) is 3.89. The molecule has 0 fully saturated rings. The number of nitrogens with zero attached hydrogens (tertiary/aromatic N) is 4. The van der Waals surface area contributed by atoms with Crippen LogP contribution in [0.2, 0.25) is 0 Å². The van der Waals surface area contributed by atoms with Crippen molar-refractivity contribution < 1.29 is 22.6 Å². The third kappa shape index (κ3) is 3.17. The molecule has 0 radical (unpaired) electrons. The highest BCUT2D eigenvalue weighted by Gasteiger charge is 2.35. The van der Waals surface area contributed by atoms with Crippen molar-refractivity contribution in [3.63, 3.8) is 0 Å². The van der Waals surface area contributed by atoms with Crippen LogP contribution in [0.5, 0.6) is 11.8 Å². The van der Waals surface area contributed by atoms with Gasteiger partial charge in [-0.25, -0.2) is 9.97 Å². The second-order valence-electron chi connectivity index (χ2n) is 3.69. The summed E-state index contributed by atoms with van der Waals surface area (Å²) in [5.41, 5.74) is 0.520. The maximum Gasteiger partial charge on any atom is 0.451 e. The molecule has 0 aliphatic rings.